The minimum atomic E-state index is -0.321. The largest absolute Gasteiger partial charge is 0.497 e. The third-order valence-corrected chi connectivity index (χ3v) is 7.62. The molecular formula is C20H22N2O2. The second-order valence-corrected chi connectivity index (χ2v) is 8.11. The van der Waals surface area contributed by atoms with E-state index < -0.39 is 0 Å². The van der Waals surface area contributed by atoms with Crippen molar-refractivity contribution in [1.82, 2.24) is 4.90 Å². The summed E-state index contributed by atoms with van der Waals surface area (Å²) in [6.45, 7) is 3.20. The molecule has 1 N–H and O–H groups in total. The Morgan fingerprint density at radius 3 is 3.04 bits per heavy atom. The molecule has 5 aliphatic heterocycles. The molecule has 0 amide bonds. The average Bonchev–Trinajstić information content (AvgIpc) is 3.08. The molecule has 1 aromatic rings. The van der Waals surface area contributed by atoms with Gasteiger partial charge in [-0.1, -0.05) is 11.6 Å². The first-order valence-electron chi connectivity index (χ1n) is 9.09. The van der Waals surface area contributed by atoms with Crippen LogP contribution in [0.25, 0.3) is 0 Å². The summed E-state index contributed by atoms with van der Waals surface area (Å²) in [7, 11) is 1.70. The van der Waals surface area contributed by atoms with Crippen LogP contribution in [0.2, 0.25) is 0 Å². The number of anilines is 1. The fourth-order valence-electron chi connectivity index (χ4n) is 6.72. The molecule has 5 heterocycles. The van der Waals surface area contributed by atoms with Crippen LogP contribution in [0.3, 0.4) is 0 Å². The maximum atomic E-state index is 13.7. The van der Waals surface area contributed by atoms with Crippen molar-refractivity contribution in [3.63, 3.8) is 0 Å². The first-order chi connectivity index (χ1) is 11.7. The van der Waals surface area contributed by atoms with Gasteiger partial charge in [0.1, 0.15) is 5.75 Å². The molecule has 1 saturated carbocycles. The number of nitrogens with one attached hydrogen (secondary N) is 1. The molecule has 5 bridgehead atoms. The fourth-order valence-corrected chi connectivity index (χ4v) is 6.72. The molecular weight excluding hydrogens is 300 g/mol. The molecule has 6 aliphatic rings. The number of carbonyl (C=O) groups is 1. The van der Waals surface area contributed by atoms with E-state index in [4.69, 9.17) is 4.74 Å². The van der Waals surface area contributed by atoms with Gasteiger partial charge in [-0.3, -0.25) is 9.69 Å². The Bertz CT molecular complexity index is 816. The van der Waals surface area contributed by atoms with Crippen LogP contribution in [-0.4, -0.2) is 42.5 Å². The predicted octanol–water partition coefficient (Wildman–Crippen LogP) is 2.35. The highest BCUT2D eigenvalue weighted by atomic mass is 16.5. The normalized spacial score (nSPS) is 47.8. The van der Waals surface area contributed by atoms with E-state index in [-0.39, 0.29) is 17.4 Å². The lowest BCUT2D eigenvalue weighted by atomic mass is 9.65. The summed E-state index contributed by atoms with van der Waals surface area (Å²) in [6, 6.07) is 7.37. The van der Waals surface area contributed by atoms with E-state index in [1.54, 1.807) is 7.11 Å². The Morgan fingerprint density at radius 1 is 1.38 bits per heavy atom. The summed E-state index contributed by atoms with van der Waals surface area (Å²) >= 11 is 0. The topological polar surface area (TPSA) is 41.6 Å². The van der Waals surface area contributed by atoms with Crippen molar-refractivity contribution < 1.29 is 9.53 Å². The zero-order valence-corrected chi connectivity index (χ0v) is 14.1. The minimum absolute atomic E-state index is 0.199. The maximum absolute atomic E-state index is 13.7. The third kappa shape index (κ3) is 1.22. The number of benzene rings is 1. The van der Waals surface area contributed by atoms with Crippen LogP contribution in [0.5, 0.6) is 5.75 Å². The SMILES string of the molecule is C/C=C1/CN2[C@H]3C[C@]45C(=O)[C@H]3[C@H]1C[C@H]2[C@@H]4Nc1ccc(OC)cc15. The van der Waals surface area contributed by atoms with E-state index in [0.717, 1.165) is 30.8 Å². The summed E-state index contributed by atoms with van der Waals surface area (Å²) in [4.78, 5) is 16.4. The number of hydrogen-bond donors (Lipinski definition) is 1. The zero-order chi connectivity index (χ0) is 16.2. The Balaban J connectivity index is 1.58. The van der Waals surface area contributed by atoms with Gasteiger partial charge in [0.2, 0.25) is 0 Å². The van der Waals surface area contributed by atoms with E-state index in [0.29, 0.717) is 23.8 Å². The van der Waals surface area contributed by atoms with E-state index >= 15 is 0 Å². The molecule has 7 rings (SSSR count). The van der Waals surface area contributed by atoms with Gasteiger partial charge in [0.15, 0.2) is 5.78 Å². The van der Waals surface area contributed by atoms with Crippen LogP contribution in [0.4, 0.5) is 5.69 Å². The number of hydrogen-bond acceptors (Lipinski definition) is 4. The van der Waals surface area contributed by atoms with Crippen LogP contribution in [0.15, 0.2) is 29.8 Å². The van der Waals surface area contributed by atoms with Gasteiger partial charge < -0.3 is 10.1 Å². The molecule has 5 fully saturated rings. The summed E-state index contributed by atoms with van der Waals surface area (Å²) in [5.74, 6) is 2.02. The molecule has 1 spiro atoms. The van der Waals surface area contributed by atoms with E-state index in [1.807, 2.05) is 6.07 Å². The highest BCUT2D eigenvalue weighted by molar-refractivity contribution is 6.01. The van der Waals surface area contributed by atoms with Crippen molar-refractivity contribution in [2.75, 3.05) is 19.0 Å². The van der Waals surface area contributed by atoms with Crippen molar-refractivity contribution in [1.29, 1.82) is 0 Å². The molecule has 4 saturated heterocycles. The molecule has 4 heteroatoms. The zero-order valence-electron chi connectivity index (χ0n) is 14.1. The second kappa shape index (κ2) is 4.05. The number of piperidine rings is 4. The second-order valence-electron chi connectivity index (χ2n) is 8.11. The Kier molecular flexibility index (Phi) is 2.27. The molecule has 0 radical (unpaired) electrons. The van der Waals surface area contributed by atoms with E-state index in [1.165, 1.54) is 11.1 Å². The smallest absolute Gasteiger partial charge is 0.150 e. The van der Waals surface area contributed by atoms with Crippen LogP contribution in [0, 0.1) is 11.8 Å². The fraction of sp³-hybridized carbons (Fsp3) is 0.550. The van der Waals surface area contributed by atoms with Crippen molar-refractivity contribution >= 4 is 11.5 Å². The van der Waals surface area contributed by atoms with Gasteiger partial charge in [-0.25, -0.2) is 0 Å². The summed E-state index contributed by atoms with van der Waals surface area (Å²) < 4.78 is 5.46. The highest BCUT2D eigenvalue weighted by Gasteiger charge is 2.73. The Morgan fingerprint density at radius 2 is 2.25 bits per heavy atom. The first kappa shape index (κ1) is 13.5. The van der Waals surface area contributed by atoms with Crippen LogP contribution in [0.1, 0.15) is 25.3 Å². The van der Waals surface area contributed by atoms with Crippen molar-refractivity contribution in [3.05, 3.63) is 35.4 Å². The average molecular weight is 322 g/mol. The summed E-state index contributed by atoms with van der Waals surface area (Å²) in [6.07, 6.45) is 4.38. The molecule has 0 aromatic heterocycles. The van der Waals surface area contributed by atoms with Gasteiger partial charge in [-0.2, -0.15) is 0 Å². The number of fused-ring (bicyclic) bond motifs is 2. The van der Waals surface area contributed by atoms with Gasteiger partial charge in [0, 0.05) is 30.2 Å². The quantitative estimate of drug-likeness (QED) is 0.806. The number of allylic oxidation sites excluding steroid dienone is 1. The van der Waals surface area contributed by atoms with Crippen LogP contribution >= 0.6 is 0 Å². The van der Waals surface area contributed by atoms with Gasteiger partial charge in [0.25, 0.3) is 0 Å². The Labute approximate surface area is 141 Å². The monoisotopic (exact) mass is 322 g/mol. The van der Waals surface area contributed by atoms with Crippen LogP contribution < -0.4 is 10.1 Å². The third-order valence-electron chi connectivity index (χ3n) is 7.62. The van der Waals surface area contributed by atoms with Crippen molar-refractivity contribution in [3.8, 4) is 5.75 Å². The van der Waals surface area contributed by atoms with Crippen molar-refractivity contribution in [2.45, 2.75) is 43.3 Å². The van der Waals surface area contributed by atoms with Crippen LogP contribution in [-0.2, 0) is 10.2 Å². The first-order valence-corrected chi connectivity index (χ1v) is 9.09. The number of nitrogens with zero attached hydrogens (tertiary/aromatic N) is 1. The number of methoxy groups -OCH3 is 1. The summed E-state index contributed by atoms with van der Waals surface area (Å²) in [5, 5.41) is 3.74. The molecule has 1 aliphatic carbocycles. The molecule has 1 aromatic carbocycles. The number of rotatable bonds is 1. The highest BCUT2D eigenvalue weighted by Crippen LogP contribution is 2.65. The maximum Gasteiger partial charge on any atom is 0.150 e. The minimum Gasteiger partial charge on any atom is -0.497 e. The Hall–Kier alpha value is -1.81. The number of carbonyl (C=O) groups excluding carboxylic acids is 1. The van der Waals surface area contributed by atoms with Gasteiger partial charge >= 0.3 is 0 Å². The molecule has 124 valence electrons. The number of ether oxygens (including phenoxy) is 1. The molecule has 4 nitrogen and oxygen atoms in total. The van der Waals surface area contributed by atoms with E-state index in [9.17, 15) is 4.79 Å². The standard InChI is InChI=1S/C20H22N2O2/c1-3-10-9-22-15-7-12(10)17-16(22)8-20(19(17)23)13-6-11(24-2)4-5-14(13)21-18(15)20/h3-6,12,15-18,21H,7-9H2,1-2H3/b10-3-/t12-,15-,16-,17-,18-,20+/m0/s1. The lowest BCUT2D eigenvalue weighted by Crippen LogP contribution is -2.66. The van der Waals surface area contributed by atoms with E-state index in [2.05, 4.69) is 35.3 Å². The molecule has 7 atom stereocenters. The lowest BCUT2D eigenvalue weighted by Gasteiger charge is -2.57. The van der Waals surface area contributed by atoms with Gasteiger partial charge in [0.05, 0.1) is 18.6 Å². The summed E-state index contributed by atoms with van der Waals surface area (Å²) in [5.41, 5.74) is 3.51. The lowest BCUT2D eigenvalue weighted by molar-refractivity contribution is -0.126. The van der Waals surface area contributed by atoms with Gasteiger partial charge in [-0.05, 0) is 49.4 Å². The predicted molar refractivity (Wildman–Crippen MR) is 91.3 cm³/mol. The molecule has 1 unspecified atom stereocenters. The molecule has 24 heavy (non-hydrogen) atoms. The van der Waals surface area contributed by atoms with Crippen molar-refractivity contribution in [2.24, 2.45) is 11.8 Å². The van der Waals surface area contributed by atoms with Gasteiger partial charge in [-0.15, -0.1) is 0 Å². The number of Topliss-reactive ketones (excluding diaryl/α,β-unsaturated/α-hetero) is 1. The number of ketones is 1.